The number of hydrogen-bond donors (Lipinski definition) is 1. The lowest BCUT2D eigenvalue weighted by Crippen LogP contribution is -2.54. The molecule has 1 saturated carbocycles. The summed E-state index contributed by atoms with van der Waals surface area (Å²) >= 11 is 0. The van der Waals surface area contributed by atoms with Crippen molar-refractivity contribution in [3.8, 4) is 0 Å². The number of hydrogen-bond acceptors (Lipinski definition) is 4. The van der Waals surface area contributed by atoms with E-state index in [0.717, 1.165) is 18.5 Å². The standard InChI is InChI=1S/C17H25N5O2/c1-13-11-19-15(12-18-13)16(23)21-7-9-22(10-8-21)17(24)20-14-5-3-2-4-6-14/h11-12,14H,2-10H2,1H3,(H,20,24). The van der Waals surface area contributed by atoms with E-state index in [1.54, 1.807) is 16.0 Å². The van der Waals surface area contributed by atoms with Crippen molar-refractivity contribution in [1.29, 1.82) is 0 Å². The van der Waals surface area contributed by atoms with Crippen molar-refractivity contribution in [1.82, 2.24) is 25.1 Å². The maximum atomic E-state index is 12.4. The number of carbonyl (C=O) groups excluding carboxylic acids is 2. The smallest absolute Gasteiger partial charge is 0.317 e. The minimum Gasteiger partial charge on any atom is -0.335 e. The fourth-order valence-corrected chi connectivity index (χ4v) is 3.29. The van der Waals surface area contributed by atoms with E-state index in [4.69, 9.17) is 0 Å². The third-order valence-electron chi connectivity index (χ3n) is 4.79. The molecule has 3 amide bonds. The van der Waals surface area contributed by atoms with E-state index < -0.39 is 0 Å². The van der Waals surface area contributed by atoms with E-state index in [0.29, 0.717) is 37.9 Å². The molecule has 24 heavy (non-hydrogen) atoms. The third-order valence-corrected chi connectivity index (χ3v) is 4.79. The number of aryl methyl sites for hydroxylation is 1. The summed E-state index contributed by atoms with van der Waals surface area (Å²) in [5.41, 5.74) is 1.15. The zero-order valence-corrected chi connectivity index (χ0v) is 14.2. The zero-order valence-electron chi connectivity index (χ0n) is 14.2. The van der Waals surface area contributed by atoms with E-state index in [9.17, 15) is 9.59 Å². The molecule has 1 aliphatic heterocycles. The molecule has 1 N–H and O–H groups in total. The SMILES string of the molecule is Cc1cnc(C(=O)N2CCN(C(=O)NC3CCCCC3)CC2)cn1. The van der Waals surface area contributed by atoms with Crippen molar-refractivity contribution in [2.24, 2.45) is 0 Å². The minimum atomic E-state index is -0.116. The summed E-state index contributed by atoms with van der Waals surface area (Å²) in [7, 11) is 0. The molecule has 1 aromatic rings. The molecule has 7 heteroatoms. The Morgan fingerprint density at radius 3 is 2.29 bits per heavy atom. The van der Waals surface area contributed by atoms with Gasteiger partial charge < -0.3 is 15.1 Å². The second-order valence-corrected chi connectivity index (χ2v) is 6.61. The van der Waals surface area contributed by atoms with Crippen molar-refractivity contribution in [3.63, 3.8) is 0 Å². The highest BCUT2D eigenvalue weighted by molar-refractivity contribution is 5.92. The molecule has 7 nitrogen and oxygen atoms in total. The summed E-state index contributed by atoms with van der Waals surface area (Å²) in [6.45, 7) is 4.02. The van der Waals surface area contributed by atoms with Gasteiger partial charge in [-0.25, -0.2) is 9.78 Å². The number of nitrogens with zero attached hydrogens (tertiary/aromatic N) is 4. The van der Waals surface area contributed by atoms with E-state index in [-0.39, 0.29) is 11.9 Å². The molecule has 2 heterocycles. The highest BCUT2D eigenvalue weighted by Crippen LogP contribution is 2.18. The number of nitrogens with one attached hydrogen (secondary N) is 1. The third kappa shape index (κ3) is 4.01. The van der Waals surface area contributed by atoms with Gasteiger partial charge in [0.2, 0.25) is 0 Å². The number of rotatable bonds is 2. The summed E-state index contributed by atoms with van der Waals surface area (Å²) in [5.74, 6) is -0.116. The van der Waals surface area contributed by atoms with Crippen LogP contribution in [0.4, 0.5) is 4.79 Å². The lowest BCUT2D eigenvalue weighted by atomic mass is 9.96. The number of amides is 3. The Hall–Kier alpha value is -2.18. The van der Waals surface area contributed by atoms with Gasteiger partial charge in [0.1, 0.15) is 5.69 Å². The predicted octanol–water partition coefficient (Wildman–Crippen LogP) is 1.59. The molecule has 2 aliphatic rings. The van der Waals surface area contributed by atoms with Crippen LogP contribution in [0.25, 0.3) is 0 Å². The van der Waals surface area contributed by atoms with Gasteiger partial charge in [-0.1, -0.05) is 19.3 Å². The molecule has 0 radical (unpaired) electrons. The highest BCUT2D eigenvalue weighted by atomic mass is 16.2. The van der Waals surface area contributed by atoms with E-state index in [2.05, 4.69) is 15.3 Å². The fourth-order valence-electron chi connectivity index (χ4n) is 3.29. The van der Waals surface area contributed by atoms with Gasteiger partial charge in [-0.05, 0) is 19.8 Å². The summed E-state index contributed by atoms with van der Waals surface area (Å²) in [6, 6.07) is 0.317. The van der Waals surface area contributed by atoms with Crippen LogP contribution in [0.15, 0.2) is 12.4 Å². The van der Waals surface area contributed by atoms with Crippen LogP contribution in [0.3, 0.4) is 0 Å². The number of aromatic nitrogens is 2. The van der Waals surface area contributed by atoms with Gasteiger partial charge in [0.05, 0.1) is 11.9 Å². The molecule has 2 fully saturated rings. The van der Waals surface area contributed by atoms with Gasteiger partial charge in [-0.15, -0.1) is 0 Å². The summed E-state index contributed by atoms with van der Waals surface area (Å²) in [6.07, 6.45) is 8.94. The van der Waals surface area contributed by atoms with E-state index in [1.165, 1.54) is 25.5 Å². The van der Waals surface area contributed by atoms with Crippen molar-refractivity contribution in [3.05, 3.63) is 23.8 Å². The van der Waals surface area contributed by atoms with Crippen LogP contribution in [0, 0.1) is 6.92 Å². The molecule has 3 rings (SSSR count). The average Bonchev–Trinajstić information content (AvgIpc) is 2.63. The Labute approximate surface area is 142 Å². The first-order chi connectivity index (χ1) is 11.6. The molecule has 0 bridgehead atoms. The predicted molar refractivity (Wildman–Crippen MR) is 89.7 cm³/mol. The van der Waals surface area contributed by atoms with Gasteiger partial charge in [0.25, 0.3) is 5.91 Å². The number of urea groups is 1. The molecule has 1 saturated heterocycles. The molecular formula is C17H25N5O2. The van der Waals surface area contributed by atoms with Gasteiger partial charge in [0, 0.05) is 38.4 Å². The van der Waals surface area contributed by atoms with Crippen LogP contribution < -0.4 is 5.32 Å². The second-order valence-electron chi connectivity index (χ2n) is 6.61. The van der Waals surface area contributed by atoms with Crippen molar-refractivity contribution in [2.45, 2.75) is 45.1 Å². The van der Waals surface area contributed by atoms with Crippen LogP contribution >= 0.6 is 0 Å². The summed E-state index contributed by atoms with van der Waals surface area (Å²) < 4.78 is 0. The molecule has 0 unspecified atom stereocenters. The van der Waals surface area contributed by atoms with E-state index >= 15 is 0 Å². The molecule has 130 valence electrons. The topological polar surface area (TPSA) is 78.4 Å². The maximum absolute atomic E-state index is 12.4. The normalized spacial score (nSPS) is 19.2. The molecule has 1 aromatic heterocycles. The van der Waals surface area contributed by atoms with Crippen LogP contribution in [0.1, 0.15) is 48.3 Å². The van der Waals surface area contributed by atoms with E-state index in [1.807, 2.05) is 6.92 Å². The summed E-state index contributed by atoms with van der Waals surface area (Å²) in [5, 5.41) is 3.13. The van der Waals surface area contributed by atoms with Crippen LogP contribution in [-0.2, 0) is 0 Å². The molecule has 0 atom stereocenters. The maximum Gasteiger partial charge on any atom is 0.317 e. The molecule has 0 aromatic carbocycles. The van der Waals surface area contributed by atoms with Gasteiger partial charge in [0.15, 0.2) is 0 Å². The Morgan fingerprint density at radius 2 is 1.67 bits per heavy atom. The largest absolute Gasteiger partial charge is 0.335 e. The Bertz CT molecular complexity index is 575. The van der Waals surface area contributed by atoms with Gasteiger partial charge in [-0.2, -0.15) is 0 Å². The molecule has 0 spiro atoms. The van der Waals surface area contributed by atoms with Crippen LogP contribution in [-0.4, -0.2) is 63.9 Å². The summed E-state index contributed by atoms with van der Waals surface area (Å²) in [4.78, 5) is 36.5. The van der Waals surface area contributed by atoms with Crippen LogP contribution in [0.5, 0.6) is 0 Å². The second kappa shape index (κ2) is 7.59. The van der Waals surface area contributed by atoms with Gasteiger partial charge >= 0.3 is 6.03 Å². The first-order valence-electron chi connectivity index (χ1n) is 8.77. The molecular weight excluding hydrogens is 306 g/mol. The zero-order chi connectivity index (χ0) is 16.9. The van der Waals surface area contributed by atoms with Gasteiger partial charge in [-0.3, -0.25) is 9.78 Å². The minimum absolute atomic E-state index is 0.00382. The van der Waals surface area contributed by atoms with Crippen molar-refractivity contribution in [2.75, 3.05) is 26.2 Å². The first-order valence-corrected chi connectivity index (χ1v) is 8.77. The average molecular weight is 331 g/mol. The van der Waals surface area contributed by atoms with Crippen molar-refractivity contribution >= 4 is 11.9 Å². The first kappa shape index (κ1) is 16.7. The molecule has 1 aliphatic carbocycles. The Balaban J connectivity index is 1.48. The van der Waals surface area contributed by atoms with Crippen molar-refractivity contribution < 1.29 is 9.59 Å². The lowest BCUT2D eigenvalue weighted by Gasteiger charge is -2.35. The quantitative estimate of drug-likeness (QED) is 0.892. The Morgan fingerprint density at radius 1 is 1.00 bits per heavy atom. The number of piperazine rings is 1. The number of carbonyl (C=O) groups is 2. The Kier molecular flexibility index (Phi) is 5.27. The lowest BCUT2D eigenvalue weighted by molar-refractivity contribution is 0.0656. The fraction of sp³-hybridized carbons (Fsp3) is 0.647. The highest BCUT2D eigenvalue weighted by Gasteiger charge is 2.27. The monoisotopic (exact) mass is 331 g/mol. The van der Waals surface area contributed by atoms with Crippen LogP contribution in [0.2, 0.25) is 0 Å².